The topological polar surface area (TPSA) is 54.7 Å². The number of pyridine rings is 1. The fraction of sp³-hybridized carbons (Fsp3) is 0.364. The van der Waals surface area contributed by atoms with Crippen molar-refractivity contribution in [1.29, 1.82) is 0 Å². The van der Waals surface area contributed by atoms with E-state index < -0.39 is 0 Å². The predicted octanol–water partition coefficient (Wildman–Crippen LogP) is 1.76. The SMILES string of the molecule is Cc1[nH]c2cnccc2c1CC(C)N. The van der Waals surface area contributed by atoms with E-state index in [-0.39, 0.29) is 6.04 Å². The second-order valence-electron chi connectivity index (χ2n) is 3.83. The van der Waals surface area contributed by atoms with E-state index in [4.69, 9.17) is 5.73 Å². The highest BCUT2D eigenvalue weighted by Gasteiger charge is 2.09. The molecule has 0 aromatic carbocycles. The zero-order chi connectivity index (χ0) is 10.1. The average molecular weight is 189 g/mol. The zero-order valence-corrected chi connectivity index (χ0v) is 8.54. The Bertz CT molecular complexity index is 443. The third kappa shape index (κ3) is 1.51. The molecule has 3 N–H and O–H groups in total. The highest BCUT2D eigenvalue weighted by molar-refractivity contribution is 5.83. The first-order valence-corrected chi connectivity index (χ1v) is 4.85. The number of fused-ring (bicyclic) bond motifs is 1. The lowest BCUT2D eigenvalue weighted by Crippen LogP contribution is -2.18. The van der Waals surface area contributed by atoms with E-state index in [1.807, 2.05) is 25.4 Å². The van der Waals surface area contributed by atoms with Crippen LogP contribution >= 0.6 is 0 Å². The summed E-state index contributed by atoms with van der Waals surface area (Å²) < 4.78 is 0. The number of hydrogen-bond donors (Lipinski definition) is 2. The first-order chi connectivity index (χ1) is 6.68. The Morgan fingerprint density at radius 3 is 3.07 bits per heavy atom. The Hall–Kier alpha value is -1.35. The minimum absolute atomic E-state index is 0.195. The fourth-order valence-electron chi connectivity index (χ4n) is 1.82. The first-order valence-electron chi connectivity index (χ1n) is 4.85. The van der Waals surface area contributed by atoms with Gasteiger partial charge in [-0.25, -0.2) is 0 Å². The number of nitrogens with two attached hydrogens (primary N) is 1. The molecule has 0 bridgehead atoms. The van der Waals surface area contributed by atoms with Gasteiger partial charge in [-0.3, -0.25) is 4.98 Å². The van der Waals surface area contributed by atoms with Gasteiger partial charge in [0.05, 0.1) is 11.7 Å². The van der Waals surface area contributed by atoms with Gasteiger partial charge in [0.15, 0.2) is 0 Å². The molecule has 0 spiro atoms. The lowest BCUT2D eigenvalue weighted by molar-refractivity contribution is 0.738. The fourth-order valence-corrected chi connectivity index (χ4v) is 1.82. The smallest absolute Gasteiger partial charge is 0.0645 e. The number of H-pyrrole nitrogens is 1. The maximum atomic E-state index is 5.81. The summed E-state index contributed by atoms with van der Waals surface area (Å²) in [4.78, 5) is 7.40. The Kier molecular flexibility index (Phi) is 2.25. The lowest BCUT2D eigenvalue weighted by atomic mass is 10.1. The quantitative estimate of drug-likeness (QED) is 0.756. The summed E-state index contributed by atoms with van der Waals surface area (Å²) in [5, 5.41) is 1.25. The van der Waals surface area contributed by atoms with Gasteiger partial charge < -0.3 is 10.7 Å². The van der Waals surface area contributed by atoms with Crippen LogP contribution in [0.25, 0.3) is 10.9 Å². The standard InChI is InChI=1S/C11H15N3/c1-7(12)5-10-8(2)14-11-6-13-4-3-9(10)11/h3-4,6-7,14H,5,12H2,1-2H3. The molecule has 0 fully saturated rings. The van der Waals surface area contributed by atoms with Crippen molar-refractivity contribution in [2.45, 2.75) is 26.3 Å². The number of nitrogens with one attached hydrogen (secondary N) is 1. The van der Waals surface area contributed by atoms with E-state index in [0.29, 0.717) is 0 Å². The van der Waals surface area contributed by atoms with Crippen LogP contribution in [0.15, 0.2) is 18.5 Å². The third-order valence-corrected chi connectivity index (χ3v) is 2.45. The summed E-state index contributed by atoms with van der Waals surface area (Å²) in [6.07, 6.45) is 4.59. The Labute approximate surface area is 83.3 Å². The van der Waals surface area contributed by atoms with Crippen molar-refractivity contribution in [2.75, 3.05) is 0 Å². The Morgan fingerprint density at radius 1 is 1.57 bits per heavy atom. The normalized spacial score (nSPS) is 13.4. The molecule has 0 aliphatic heterocycles. The van der Waals surface area contributed by atoms with Gasteiger partial charge in [-0.05, 0) is 31.9 Å². The van der Waals surface area contributed by atoms with Crippen LogP contribution < -0.4 is 5.73 Å². The molecule has 0 aliphatic carbocycles. The number of nitrogens with zero attached hydrogens (tertiary/aromatic N) is 1. The van der Waals surface area contributed by atoms with Gasteiger partial charge in [-0.2, -0.15) is 0 Å². The van der Waals surface area contributed by atoms with Crippen molar-refractivity contribution in [3.8, 4) is 0 Å². The van der Waals surface area contributed by atoms with Gasteiger partial charge in [0.1, 0.15) is 0 Å². The average Bonchev–Trinajstić information content (AvgIpc) is 2.43. The van der Waals surface area contributed by atoms with E-state index >= 15 is 0 Å². The van der Waals surface area contributed by atoms with E-state index in [1.54, 1.807) is 0 Å². The largest absolute Gasteiger partial charge is 0.357 e. The van der Waals surface area contributed by atoms with Gasteiger partial charge >= 0.3 is 0 Å². The molecule has 0 saturated heterocycles. The lowest BCUT2D eigenvalue weighted by Gasteiger charge is -2.04. The van der Waals surface area contributed by atoms with Crippen molar-refractivity contribution >= 4 is 10.9 Å². The van der Waals surface area contributed by atoms with E-state index in [0.717, 1.165) is 11.9 Å². The van der Waals surface area contributed by atoms with E-state index in [2.05, 4.69) is 16.9 Å². The highest BCUT2D eigenvalue weighted by Crippen LogP contribution is 2.21. The van der Waals surface area contributed by atoms with Crippen LogP contribution in [-0.2, 0) is 6.42 Å². The Balaban J connectivity index is 2.56. The van der Waals surface area contributed by atoms with Gasteiger partial charge in [0.2, 0.25) is 0 Å². The van der Waals surface area contributed by atoms with Crippen LogP contribution in [-0.4, -0.2) is 16.0 Å². The van der Waals surface area contributed by atoms with Gasteiger partial charge in [0, 0.05) is 23.3 Å². The molecule has 74 valence electrons. The summed E-state index contributed by atoms with van der Waals surface area (Å²) in [5.74, 6) is 0. The van der Waals surface area contributed by atoms with Crippen molar-refractivity contribution in [3.63, 3.8) is 0 Å². The number of aromatic nitrogens is 2. The van der Waals surface area contributed by atoms with Gasteiger partial charge in [0.25, 0.3) is 0 Å². The summed E-state index contributed by atoms with van der Waals surface area (Å²) in [6.45, 7) is 4.11. The molecule has 0 radical (unpaired) electrons. The summed E-state index contributed by atoms with van der Waals surface area (Å²) in [6, 6.07) is 2.23. The number of aryl methyl sites for hydroxylation is 1. The maximum absolute atomic E-state index is 5.81. The second kappa shape index (κ2) is 3.42. The summed E-state index contributed by atoms with van der Waals surface area (Å²) >= 11 is 0. The molecule has 0 saturated carbocycles. The van der Waals surface area contributed by atoms with Crippen LogP contribution in [0.3, 0.4) is 0 Å². The minimum Gasteiger partial charge on any atom is -0.357 e. The van der Waals surface area contributed by atoms with Crippen LogP contribution in [0.1, 0.15) is 18.2 Å². The molecule has 2 aromatic rings. The van der Waals surface area contributed by atoms with Crippen LogP contribution in [0.2, 0.25) is 0 Å². The predicted molar refractivity (Wildman–Crippen MR) is 58.2 cm³/mol. The number of rotatable bonds is 2. The van der Waals surface area contributed by atoms with Crippen LogP contribution in [0.5, 0.6) is 0 Å². The summed E-state index contributed by atoms with van der Waals surface area (Å²) in [7, 11) is 0. The molecular formula is C11H15N3. The zero-order valence-electron chi connectivity index (χ0n) is 8.54. The maximum Gasteiger partial charge on any atom is 0.0645 e. The highest BCUT2D eigenvalue weighted by atomic mass is 14.8. The molecule has 2 heterocycles. The molecule has 1 atom stereocenters. The second-order valence-corrected chi connectivity index (χ2v) is 3.83. The third-order valence-electron chi connectivity index (χ3n) is 2.45. The van der Waals surface area contributed by atoms with Gasteiger partial charge in [-0.1, -0.05) is 0 Å². The molecule has 2 rings (SSSR count). The molecule has 0 amide bonds. The van der Waals surface area contributed by atoms with Crippen molar-refractivity contribution in [2.24, 2.45) is 5.73 Å². The van der Waals surface area contributed by atoms with Crippen LogP contribution in [0.4, 0.5) is 0 Å². The van der Waals surface area contributed by atoms with Crippen LogP contribution in [0, 0.1) is 6.92 Å². The molecule has 0 aliphatic rings. The number of aromatic amines is 1. The van der Waals surface area contributed by atoms with Crippen molar-refractivity contribution in [3.05, 3.63) is 29.7 Å². The first kappa shape index (κ1) is 9.21. The van der Waals surface area contributed by atoms with E-state index in [1.165, 1.54) is 16.6 Å². The molecule has 2 aromatic heterocycles. The molecule has 1 unspecified atom stereocenters. The minimum atomic E-state index is 0.195. The van der Waals surface area contributed by atoms with Crippen molar-refractivity contribution < 1.29 is 0 Å². The Morgan fingerprint density at radius 2 is 2.36 bits per heavy atom. The molecule has 3 nitrogen and oxygen atoms in total. The number of hydrogen-bond acceptors (Lipinski definition) is 2. The van der Waals surface area contributed by atoms with E-state index in [9.17, 15) is 0 Å². The molecular weight excluding hydrogens is 174 g/mol. The molecule has 14 heavy (non-hydrogen) atoms. The van der Waals surface area contributed by atoms with Crippen molar-refractivity contribution in [1.82, 2.24) is 9.97 Å². The van der Waals surface area contributed by atoms with Gasteiger partial charge in [-0.15, -0.1) is 0 Å². The summed E-state index contributed by atoms with van der Waals surface area (Å²) in [5.41, 5.74) is 9.43. The molecule has 3 heteroatoms. The monoisotopic (exact) mass is 189 g/mol.